The van der Waals surface area contributed by atoms with Crippen molar-refractivity contribution in [3.63, 3.8) is 0 Å². The van der Waals surface area contributed by atoms with E-state index in [1.165, 1.54) is 0 Å². The molecule has 4 rings (SSSR count). The van der Waals surface area contributed by atoms with Gasteiger partial charge in [-0.25, -0.2) is 0 Å². The molecule has 0 bridgehead atoms. The maximum atomic E-state index is 13.0. The number of nitrogens with zero attached hydrogens (tertiary/aromatic N) is 2. The zero-order valence-corrected chi connectivity index (χ0v) is 16.5. The monoisotopic (exact) mass is 385 g/mol. The summed E-state index contributed by atoms with van der Waals surface area (Å²) < 4.78 is 11.5. The number of carbonyl (C=O) groups excluding carboxylic acids is 1. The molecule has 0 unspecified atom stereocenters. The molecule has 7 nitrogen and oxygen atoms in total. The predicted octanol–water partition coefficient (Wildman–Crippen LogP) is 2.33. The third kappa shape index (κ3) is 3.35. The average molecular weight is 385 g/mol. The lowest BCUT2D eigenvalue weighted by Gasteiger charge is -2.35. The number of rotatable bonds is 4. The van der Waals surface area contributed by atoms with Crippen LogP contribution in [0.5, 0.6) is 11.5 Å². The van der Waals surface area contributed by atoms with E-state index in [1.54, 1.807) is 7.11 Å². The molecule has 2 aromatic rings. The van der Waals surface area contributed by atoms with Gasteiger partial charge in [0.05, 0.1) is 24.5 Å². The minimum Gasteiger partial charge on any atom is -0.493 e. The highest BCUT2D eigenvalue weighted by molar-refractivity contribution is 5.96. The van der Waals surface area contributed by atoms with Gasteiger partial charge in [0.1, 0.15) is 6.10 Å². The summed E-state index contributed by atoms with van der Waals surface area (Å²) >= 11 is 0. The highest BCUT2D eigenvalue weighted by Gasteiger charge is 2.44. The number of benzene rings is 1. The molecule has 1 saturated heterocycles. The van der Waals surface area contributed by atoms with E-state index in [-0.39, 0.29) is 12.0 Å². The van der Waals surface area contributed by atoms with E-state index in [0.29, 0.717) is 48.4 Å². The van der Waals surface area contributed by atoms with E-state index in [4.69, 9.17) is 9.47 Å². The van der Waals surface area contributed by atoms with Crippen LogP contribution in [0.4, 0.5) is 0 Å². The number of methoxy groups -OCH3 is 1. The number of H-pyrrole nitrogens is 1. The number of aromatic amines is 1. The van der Waals surface area contributed by atoms with Gasteiger partial charge in [-0.05, 0) is 50.7 Å². The predicted molar refractivity (Wildman–Crippen MR) is 104 cm³/mol. The third-order valence-electron chi connectivity index (χ3n) is 6.06. The Morgan fingerprint density at radius 3 is 2.50 bits per heavy atom. The summed E-state index contributed by atoms with van der Waals surface area (Å²) in [5.41, 5.74) is 2.20. The summed E-state index contributed by atoms with van der Waals surface area (Å²) in [5.74, 6) is 1.94. The Balaban J connectivity index is 1.46. The summed E-state index contributed by atoms with van der Waals surface area (Å²) in [6.45, 7) is 5.08. The Kier molecular flexibility index (Phi) is 5.02. The maximum Gasteiger partial charge on any atom is 0.257 e. The van der Waals surface area contributed by atoms with Crippen LogP contribution in [0.15, 0.2) is 24.3 Å². The Bertz CT molecular complexity index is 846. The number of aromatic nitrogens is 2. The van der Waals surface area contributed by atoms with Crippen LogP contribution in [0.3, 0.4) is 0 Å². The van der Waals surface area contributed by atoms with Gasteiger partial charge in [0.2, 0.25) is 0 Å². The molecule has 0 radical (unpaired) electrons. The molecule has 1 amide bonds. The number of aliphatic hydroxyl groups excluding tert-OH is 1. The molecule has 0 spiro atoms. The molecule has 2 fully saturated rings. The molecule has 1 aromatic heterocycles. The molecule has 4 atom stereocenters. The fraction of sp³-hybridized carbons (Fsp3) is 0.524. The lowest BCUT2D eigenvalue weighted by atomic mass is 9.78. The van der Waals surface area contributed by atoms with Crippen LogP contribution in [0, 0.1) is 25.7 Å². The van der Waals surface area contributed by atoms with Crippen LogP contribution in [-0.2, 0) is 0 Å². The van der Waals surface area contributed by atoms with Crippen molar-refractivity contribution in [2.24, 2.45) is 11.8 Å². The first-order chi connectivity index (χ1) is 13.5. The first kappa shape index (κ1) is 18.8. The Labute approximate surface area is 164 Å². The second kappa shape index (κ2) is 7.47. The molecule has 28 heavy (non-hydrogen) atoms. The number of aryl methyl sites for hydroxylation is 2. The standard InChI is InChI=1S/C21H27N3O4/c1-12-20(13(2)23-22-12)21(26)24-10-14-8-16(25)19(9-15(14)11-24)28-18-7-5-4-6-17(18)27-3/h4-7,14-16,19,25H,8-11H2,1-3H3,(H,22,23)/t14-,15+,16+,19+/m0/s1. The fourth-order valence-electron chi connectivity index (χ4n) is 4.59. The highest BCUT2D eigenvalue weighted by Crippen LogP contribution is 2.39. The smallest absolute Gasteiger partial charge is 0.257 e. The van der Waals surface area contributed by atoms with E-state index in [0.717, 1.165) is 17.8 Å². The lowest BCUT2D eigenvalue weighted by molar-refractivity contribution is -0.0240. The average Bonchev–Trinajstić information content (AvgIpc) is 3.24. The molecule has 150 valence electrons. The van der Waals surface area contributed by atoms with Crippen molar-refractivity contribution < 1.29 is 19.4 Å². The van der Waals surface area contributed by atoms with Crippen molar-refractivity contribution in [3.05, 3.63) is 41.2 Å². The van der Waals surface area contributed by atoms with Crippen molar-refractivity contribution in [1.82, 2.24) is 15.1 Å². The van der Waals surface area contributed by atoms with Gasteiger partial charge >= 0.3 is 0 Å². The van der Waals surface area contributed by atoms with Crippen LogP contribution < -0.4 is 9.47 Å². The molecule has 1 aliphatic heterocycles. The van der Waals surface area contributed by atoms with Gasteiger partial charge in [0, 0.05) is 18.8 Å². The van der Waals surface area contributed by atoms with Crippen molar-refractivity contribution in [2.45, 2.75) is 38.9 Å². The minimum absolute atomic E-state index is 0.0230. The topological polar surface area (TPSA) is 87.7 Å². The van der Waals surface area contributed by atoms with Crippen LogP contribution in [-0.4, -0.2) is 58.5 Å². The van der Waals surface area contributed by atoms with E-state index < -0.39 is 6.10 Å². The summed E-state index contributed by atoms with van der Waals surface area (Å²) in [6, 6.07) is 7.48. The van der Waals surface area contributed by atoms with Crippen LogP contribution in [0.2, 0.25) is 0 Å². The number of ether oxygens (including phenoxy) is 2. The summed E-state index contributed by atoms with van der Waals surface area (Å²) in [6.07, 6.45) is 0.498. The SMILES string of the molecule is COc1ccccc1O[C@@H]1C[C@@H]2CN(C(=O)c3c(C)n[nH]c3C)C[C@@H]2C[C@H]1O. The normalized spacial score (nSPS) is 26.8. The summed E-state index contributed by atoms with van der Waals surface area (Å²) in [7, 11) is 1.61. The molecule has 1 saturated carbocycles. The van der Waals surface area contributed by atoms with Crippen LogP contribution in [0.1, 0.15) is 34.6 Å². The van der Waals surface area contributed by atoms with Gasteiger partial charge < -0.3 is 19.5 Å². The lowest BCUT2D eigenvalue weighted by Crippen LogP contribution is -2.42. The number of para-hydroxylation sites is 2. The van der Waals surface area contributed by atoms with Gasteiger partial charge in [0.25, 0.3) is 5.91 Å². The Morgan fingerprint density at radius 1 is 1.18 bits per heavy atom. The highest BCUT2D eigenvalue weighted by atomic mass is 16.5. The number of hydrogen-bond donors (Lipinski definition) is 2. The number of carbonyl (C=O) groups is 1. The van der Waals surface area contributed by atoms with Crippen molar-refractivity contribution in [2.75, 3.05) is 20.2 Å². The minimum atomic E-state index is -0.557. The molecule has 2 heterocycles. The number of hydrogen-bond acceptors (Lipinski definition) is 5. The van der Waals surface area contributed by atoms with Crippen LogP contribution >= 0.6 is 0 Å². The molecule has 1 aromatic carbocycles. The van der Waals surface area contributed by atoms with E-state index in [1.807, 2.05) is 43.0 Å². The summed E-state index contributed by atoms with van der Waals surface area (Å²) in [5, 5.41) is 17.7. The van der Waals surface area contributed by atoms with Gasteiger partial charge in [0.15, 0.2) is 11.5 Å². The summed E-state index contributed by atoms with van der Waals surface area (Å²) in [4.78, 5) is 14.9. The fourth-order valence-corrected chi connectivity index (χ4v) is 4.59. The van der Waals surface area contributed by atoms with E-state index >= 15 is 0 Å². The van der Waals surface area contributed by atoms with Crippen LogP contribution in [0.25, 0.3) is 0 Å². The quantitative estimate of drug-likeness (QED) is 0.843. The zero-order chi connectivity index (χ0) is 19.8. The largest absolute Gasteiger partial charge is 0.493 e. The van der Waals surface area contributed by atoms with Gasteiger partial charge in [-0.2, -0.15) is 5.10 Å². The zero-order valence-electron chi connectivity index (χ0n) is 16.5. The number of aliphatic hydroxyl groups is 1. The molecule has 7 heteroatoms. The first-order valence-electron chi connectivity index (χ1n) is 9.76. The number of fused-ring (bicyclic) bond motifs is 1. The molecular weight excluding hydrogens is 358 g/mol. The third-order valence-corrected chi connectivity index (χ3v) is 6.06. The van der Waals surface area contributed by atoms with Crippen molar-refractivity contribution >= 4 is 5.91 Å². The van der Waals surface area contributed by atoms with Gasteiger partial charge in [-0.15, -0.1) is 0 Å². The number of nitrogens with one attached hydrogen (secondary N) is 1. The van der Waals surface area contributed by atoms with E-state index in [9.17, 15) is 9.90 Å². The number of likely N-dealkylation sites (tertiary alicyclic amines) is 1. The number of amides is 1. The molecule has 1 aliphatic carbocycles. The second-order valence-corrected chi connectivity index (χ2v) is 7.89. The Morgan fingerprint density at radius 2 is 1.86 bits per heavy atom. The first-order valence-corrected chi connectivity index (χ1v) is 9.76. The second-order valence-electron chi connectivity index (χ2n) is 7.89. The molecular formula is C21H27N3O4. The van der Waals surface area contributed by atoms with E-state index in [2.05, 4.69) is 10.2 Å². The van der Waals surface area contributed by atoms with Gasteiger partial charge in [-0.1, -0.05) is 12.1 Å². The molecule has 2 aliphatic rings. The van der Waals surface area contributed by atoms with Crippen molar-refractivity contribution in [1.29, 1.82) is 0 Å². The Hall–Kier alpha value is -2.54. The maximum absolute atomic E-state index is 13.0. The van der Waals surface area contributed by atoms with Gasteiger partial charge in [-0.3, -0.25) is 9.89 Å². The van der Waals surface area contributed by atoms with Crippen molar-refractivity contribution in [3.8, 4) is 11.5 Å². The molecule has 2 N–H and O–H groups in total.